The number of carbonyl (C=O) groups is 1. The van der Waals surface area contributed by atoms with E-state index in [2.05, 4.69) is 0 Å². The average Bonchev–Trinajstić information content (AvgIpc) is 2.41. The molecule has 0 unspecified atom stereocenters. The fourth-order valence-electron chi connectivity index (χ4n) is 1.82. The van der Waals surface area contributed by atoms with Gasteiger partial charge in [-0.1, -0.05) is 29.8 Å². The van der Waals surface area contributed by atoms with Gasteiger partial charge in [-0.15, -0.1) is 0 Å². The normalized spacial score (nSPS) is 10.2. The van der Waals surface area contributed by atoms with E-state index in [9.17, 15) is 9.59 Å². The SMILES string of the molecule is Cc1cccc(COC(=O)Cn2cc(N)ccc2=O)c1. The summed E-state index contributed by atoms with van der Waals surface area (Å²) >= 11 is 0. The second kappa shape index (κ2) is 6.06. The molecule has 0 spiro atoms. The van der Waals surface area contributed by atoms with Gasteiger partial charge in [0, 0.05) is 18.0 Å². The molecule has 1 aromatic carbocycles. The summed E-state index contributed by atoms with van der Waals surface area (Å²) in [4.78, 5) is 23.2. The number of pyridine rings is 1. The molecule has 0 fully saturated rings. The van der Waals surface area contributed by atoms with E-state index in [1.54, 1.807) is 0 Å². The van der Waals surface area contributed by atoms with E-state index in [-0.39, 0.29) is 18.7 Å². The zero-order chi connectivity index (χ0) is 14.5. The highest BCUT2D eigenvalue weighted by atomic mass is 16.5. The highest BCUT2D eigenvalue weighted by molar-refractivity contribution is 5.69. The van der Waals surface area contributed by atoms with Gasteiger partial charge in [0.05, 0.1) is 0 Å². The third-order valence-electron chi connectivity index (χ3n) is 2.79. The first-order valence-corrected chi connectivity index (χ1v) is 6.22. The van der Waals surface area contributed by atoms with E-state index in [0.717, 1.165) is 11.1 Å². The number of esters is 1. The maximum atomic E-state index is 11.7. The molecule has 0 aliphatic heterocycles. The minimum atomic E-state index is -0.473. The van der Waals surface area contributed by atoms with Crippen molar-refractivity contribution in [3.63, 3.8) is 0 Å². The monoisotopic (exact) mass is 272 g/mol. The van der Waals surface area contributed by atoms with Gasteiger partial charge in [0.2, 0.25) is 0 Å². The Hall–Kier alpha value is -2.56. The summed E-state index contributed by atoms with van der Waals surface area (Å²) in [5.74, 6) is -0.473. The maximum Gasteiger partial charge on any atom is 0.326 e. The van der Waals surface area contributed by atoms with E-state index in [0.29, 0.717) is 5.69 Å². The molecular weight excluding hydrogens is 256 g/mol. The number of hydrogen-bond acceptors (Lipinski definition) is 4. The number of aromatic nitrogens is 1. The number of nitrogen functional groups attached to an aromatic ring is 1. The minimum Gasteiger partial charge on any atom is -0.459 e. The lowest BCUT2D eigenvalue weighted by molar-refractivity contribution is -0.145. The molecule has 1 aromatic heterocycles. The van der Waals surface area contributed by atoms with Gasteiger partial charge in [0.25, 0.3) is 5.56 Å². The summed E-state index contributed by atoms with van der Waals surface area (Å²) < 4.78 is 6.37. The molecule has 5 heteroatoms. The minimum absolute atomic E-state index is 0.143. The molecule has 2 aromatic rings. The molecule has 0 atom stereocenters. The molecule has 2 N–H and O–H groups in total. The molecular formula is C15H16N2O3. The highest BCUT2D eigenvalue weighted by Crippen LogP contribution is 2.05. The van der Waals surface area contributed by atoms with Crippen LogP contribution < -0.4 is 11.3 Å². The second-order valence-corrected chi connectivity index (χ2v) is 4.58. The van der Waals surface area contributed by atoms with Gasteiger partial charge in [0.1, 0.15) is 13.2 Å². The molecule has 0 saturated carbocycles. The molecule has 0 bridgehead atoms. The van der Waals surface area contributed by atoms with Gasteiger partial charge in [-0.3, -0.25) is 9.59 Å². The van der Waals surface area contributed by atoms with Crippen LogP contribution in [0, 0.1) is 6.92 Å². The molecule has 5 nitrogen and oxygen atoms in total. The molecule has 20 heavy (non-hydrogen) atoms. The van der Waals surface area contributed by atoms with Crippen molar-refractivity contribution < 1.29 is 9.53 Å². The van der Waals surface area contributed by atoms with Crippen LogP contribution in [-0.4, -0.2) is 10.5 Å². The lowest BCUT2D eigenvalue weighted by Crippen LogP contribution is -2.24. The van der Waals surface area contributed by atoms with E-state index in [1.165, 1.54) is 22.9 Å². The van der Waals surface area contributed by atoms with Crippen LogP contribution in [0.2, 0.25) is 0 Å². The number of anilines is 1. The van der Waals surface area contributed by atoms with Crippen LogP contribution in [0.3, 0.4) is 0 Å². The van der Waals surface area contributed by atoms with Gasteiger partial charge >= 0.3 is 5.97 Å². The smallest absolute Gasteiger partial charge is 0.326 e. The average molecular weight is 272 g/mol. The van der Waals surface area contributed by atoms with Crippen molar-refractivity contribution in [1.82, 2.24) is 4.57 Å². The molecule has 2 rings (SSSR count). The standard InChI is InChI=1S/C15H16N2O3/c1-11-3-2-4-12(7-11)10-20-15(19)9-17-8-13(16)5-6-14(17)18/h2-8H,9-10,16H2,1H3. The first-order chi connectivity index (χ1) is 9.54. The molecule has 0 saturated heterocycles. The summed E-state index contributed by atoms with van der Waals surface area (Å²) in [7, 11) is 0. The predicted molar refractivity (Wildman–Crippen MR) is 76.1 cm³/mol. The quantitative estimate of drug-likeness (QED) is 0.855. The Morgan fingerprint density at radius 1 is 1.30 bits per heavy atom. The summed E-state index contributed by atoms with van der Waals surface area (Å²) in [6, 6.07) is 10.5. The summed E-state index contributed by atoms with van der Waals surface area (Å²) in [6.45, 7) is 2.02. The molecule has 0 radical (unpaired) electrons. The summed E-state index contributed by atoms with van der Waals surface area (Å²) in [5, 5.41) is 0. The van der Waals surface area contributed by atoms with Crippen molar-refractivity contribution in [2.75, 3.05) is 5.73 Å². The predicted octanol–water partition coefficient (Wildman–Crippen LogP) is 1.48. The van der Waals surface area contributed by atoms with Crippen molar-refractivity contribution in [2.45, 2.75) is 20.1 Å². The van der Waals surface area contributed by atoms with Crippen LogP contribution in [0.25, 0.3) is 0 Å². The van der Waals surface area contributed by atoms with Gasteiger partial charge in [0.15, 0.2) is 0 Å². The number of rotatable bonds is 4. The lowest BCUT2D eigenvalue weighted by atomic mass is 10.1. The van der Waals surface area contributed by atoms with Crippen LogP contribution in [0.1, 0.15) is 11.1 Å². The van der Waals surface area contributed by atoms with Crippen LogP contribution in [0.4, 0.5) is 5.69 Å². The third kappa shape index (κ3) is 3.71. The van der Waals surface area contributed by atoms with Crippen molar-refractivity contribution >= 4 is 11.7 Å². The van der Waals surface area contributed by atoms with Gasteiger partial charge in [-0.25, -0.2) is 0 Å². The number of carbonyl (C=O) groups excluding carboxylic acids is 1. The Morgan fingerprint density at radius 2 is 2.10 bits per heavy atom. The zero-order valence-electron chi connectivity index (χ0n) is 11.2. The first kappa shape index (κ1) is 13.9. The van der Waals surface area contributed by atoms with Crippen molar-refractivity contribution in [2.24, 2.45) is 0 Å². The van der Waals surface area contributed by atoms with Crippen LogP contribution >= 0.6 is 0 Å². The molecule has 104 valence electrons. The van der Waals surface area contributed by atoms with E-state index in [1.807, 2.05) is 31.2 Å². The van der Waals surface area contributed by atoms with Crippen molar-refractivity contribution in [1.29, 1.82) is 0 Å². The van der Waals surface area contributed by atoms with Crippen LogP contribution in [-0.2, 0) is 22.7 Å². The number of hydrogen-bond donors (Lipinski definition) is 1. The molecule has 1 heterocycles. The zero-order valence-corrected chi connectivity index (χ0v) is 11.2. The second-order valence-electron chi connectivity index (χ2n) is 4.58. The van der Waals surface area contributed by atoms with E-state index >= 15 is 0 Å². The largest absolute Gasteiger partial charge is 0.459 e. The van der Waals surface area contributed by atoms with E-state index < -0.39 is 5.97 Å². The third-order valence-corrected chi connectivity index (χ3v) is 2.79. The van der Waals surface area contributed by atoms with Gasteiger partial charge in [-0.2, -0.15) is 0 Å². The number of nitrogens with two attached hydrogens (primary N) is 1. The van der Waals surface area contributed by atoms with Crippen LogP contribution in [0.5, 0.6) is 0 Å². The summed E-state index contributed by atoms with van der Waals surface area (Å²) in [6.07, 6.45) is 1.43. The fourth-order valence-corrected chi connectivity index (χ4v) is 1.82. The lowest BCUT2D eigenvalue weighted by Gasteiger charge is -2.08. The Morgan fingerprint density at radius 3 is 2.85 bits per heavy atom. The fraction of sp³-hybridized carbons (Fsp3) is 0.200. The maximum absolute atomic E-state index is 11.7. The van der Waals surface area contributed by atoms with E-state index in [4.69, 9.17) is 10.5 Å². The molecule has 0 aliphatic rings. The highest BCUT2D eigenvalue weighted by Gasteiger charge is 2.06. The number of benzene rings is 1. The van der Waals surface area contributed by atoms with Crippen molar-refractivity contribution in [3.8, 4) is 0 Å². The Bertz CT molecular complexity index is 677. The number of nitrogens with zero attached hydrogens (tertiary/aromatic N) is 1. The first-order valence-electron chi connectivity index (χ1n) is 6.22. The van der Waals surface area contributed by atoms with Crippen molar-refractivity contribution in [3.05, 3.63) is 64.1 Å². The van der Waals surface area contributed by atoms with Crippen LogP contribution in [0.15, 0.2) is 47.4 Å². The van der Waals surface area contributed by atoms with Gasteiger partial charge in [-0.05, 0) is 18.6 Å². The Kier molecular flexibility index (Phi) is 4.20. The summed E-state index contributed by atoms with van der Waals surface area (Å²) in [5.41, 5.74) is 7.73. The molecule has 0 amide bonds. The molecule has 0 aliphatic carbocycles. The number of ether oxygens (including phenoxy) is 1. The Balaban J connectivity index is 1.96. The Labute approximate surface area is 116 Å². The topological polar surface area (TPSA) is 74.3 Å². The van der Waals surface area contributed by atoms with Gasteiger partial charge < -0.3 is 15.0 Å². The number of aryl methyl sites for hydroxylation is 1.